The highest BCUT2D eigenvalue weighted by molar-refractivity contribution is 7.89. The van der Waals surface area contributed by atoms with Crippen LogP contribution in [0.2, 0.25) is 0 Å². The molecule has 1 aromatic carbocycles. The van der Waals surface area contributed by atoms with Crippen LogP contribution in [0, 0.1) is 0 Å². The van der Waals surface area contributed by atoms with Crippen LogP contribution in [0.25, 0.3) is 0 Å². The Morgan fingerprint density at radius 1 is 1.20 bits per heavy atom. The Morgan fingerprint density at radius 2 is 1.95 bits per heavy atom. The number of sulfonamides is 1. The number of ether oxygens (including phenoxy) is 2. The first-order chi connectivity index (χ1) is 9.55. The van der Waals surface area contributed by atoms with E-state index in [1.54, 1.807) is 25.3 Å². The SMILES string of the molecule is CNCCc1cc(OC)ccc1S(=O)(=O)NCCOC. The summed E-state index contributed by atoms with van der Waals surface area (Å²) in [5, 5.41) is 3.01. The lowest BCUT2D eigenvalue weighted by atomic mass is 10.1. The van der Waals surface area contributed by atoms with Crippen LogP contribution in [-0.2, 0) is 21.2 Å². The smallest absolute Gasteiger partial charge is 0.240 e. The van der Waals surface area contributed by atoms with E-state index in [-0.39, 0.29) is 11.4 Å². The van der Waals surface area contributed by atoms with Crippen LogP contribution in [-0.4, -0.2) is 49.4 Å². The predicted octanol–water partition coefficient (Wildman–Crippen LogP) is 0.382. The summed E-state index contributed by atoms with van der Waals surface area (Å²) in [5.41, 5.74) is 0.726. The minimum absolute atomic E-state index is 0.246. The van der Waals surface area contributed by atoms with Crippen molar-refractivity contribution in [3.05, 3.63) is 23.8 Å². The lowest BCUT2D eigenvalue weighted by molar-refractivity contribution is 0.204. The number of methoxy groups -OCH3 is 2. The molecule has 0 atom stereocenters. The molecule has 0 bridgehead atoms. The van der Waals surface area contributed by atoms with Crippen molar-refractivity contribution in [2.75, 3.05) is 41.0 Å². The number of benzene rings is 1. The van der Waals surface area contributed by atoms with Crippen molar-refractivity contribution in [1.29, 1.82) is 0 Å². The van der Waals surface area contributed by atoms with Gasteiger partial charge in [-0.05, 0) is 43.8 Å². The van der Waals surface area contributed by atoms with Crippen molar-refractivity contribution in [2.24, 2.45) is 0 Å². The molecule has 0 saturated carbocycles. The molecule has 0 spiro atoms. The van der Waals surface area contributed by atoms with Crippen molar-refractivity contribution in [3.63, 3.8) is 0 Å². The number of hydrogen-bond donors (Lipinski definition) is 2. The average Bonchev–Trinajstić information content (AvgIpc) is 2.44. The molecule has 0 unspecified atom stereocenters. The summed E-state index contributed by atoms with van der Waals surface area (Å²) < 4.78 is 37.0. The zero-order valence-electron chi connectivity index (χ0n) is 12.1. The zero-order chi connectivity index (χ0) is 15.0. The van der Waals surface area contributed by atoms with Gasteiger partial charge in [-0.1, -0.05) is 0 Å². The van der Waals surface area contributed by atoms with Crippen LogP contribution >= 0.6 is 0 Å². The van der Waals surface area contributed by atoms with E-state index in [0.717, 1.165) is 5.56 Å². The van der Waals surface area contributed by atoms with Crippen LogP contribution in [0.4, 0.5) is 0 Å². The van der Waals surface area contributed by atoms with Crippen LogP contribution in [0.5, 0.6) is 5.75 Å². The molecule has 7 heteroatoms. The maximum Gasteiger partial charge on any atom is 0.240 e. The highest BCUT2D eigenvalue weighted by Gasteiger charge is 2.18. The molecule has 20 heavy (non-hydrogen) atoms. The van der Waals surface area contributed by atoms with E-state index in [0.29, 0.717) is 25.3 Å². The summed E-state index contributed by atoms with van der Waals surface area (Å²) in [7, 11) is 1.38. The zero-order valence-corrected chi connectivity index (χ0v) is 12.9. The molecule has 114 valence electrons. The summed E-state index contributed by atoms with van der Waals surface area (Å²) in [6, 6.07) is 4.97. The molecule has 6 nitrogen and oxygen atoms in total. The van der Waals surface area contributed by atoms with E-state index in [1.165, 1.54) is 7.11 Å². The molecule has 0 radical (unpaired) electrons. The Labute approximate surface area is 120 Å². The molecule has 0 amide bonds. The highest BCUT2D eigenvalue weighted by Crippen LogP contribution is 2.22. The first-order valence-corrected chi connectivity index (χ1v) is 7.83. The van der Waals surface area contributed by atoms with E-state index in [4.69, 9.17) is 9.47 Å². The van der Waals surface area contributed by atoms with E-state index in [1.807, 2.05) is 7.05 Å². The summed E-state index contributed by atoms with van der Waals surface area (Å²) in [6.45, 7) is 1.27. The fourth-order valence-electron chi connectivity index (χ4n) is 1.76. The van der Waals surface area contributed by atoms with Crippen LogP contribution in [0.15, 0.2) is 23.1 Å². The second-order valence-electron chi connectivity index (χ2n) is 4.22. The van der Waals surface area contributed by atoms with Crippen LogP contribution in [0.1, 0.15) is 5.56 Å². The van der Waals surface area contributed by atoms with Crippen molar-refractivity contribution >= 4 is 10.0 Å². The number of hydrogen-bond acceptors (Lipinski definition) is 5. The van der Waals surface area contributed by atoms with Crippen molar-refractivity contribution in [2.45, 2.75) is 11.3 Å². The number of nitrogens with one attached hydrogen (secondary N) is 2. The van der Waals surface area contributed by atoms with E-state index < -0.39 is 10.0 Å². The number of likely N-dealkylation sites (N-methyl/N-ethyl adjacent to an activating group) is 1. The van der Waals surface area contributed by atoms with Crippen molar-refractivity contribution in [3.8, 4) is 5.75 Å². The van der Waals surface area contributed by atoms with Gasteiger partial charge in [-0.25, -0.2) is 13.1 Å². The normalized spacial score (nSPS) is 11.6. The highest BCUT2D eigenvalue weighted by atomic mass is 32.2. The molecule has 1 rings (SSSR count). The topological polar surface area (TPSA) is 76.7 Å². The van der Waals surface area contributed by atoms with Gasteiger partial charge in [0.05, 0.1) is 18.6 Å². The van der Waals surface area contributed by atoms with Gasteiger partial charge in [0.2, 0.25) is 10.0 Å². The maximum atomic E-state index is 12.3. The molecular formula is C13H22N2O4S. The third-order valence-electron chi connectivity index (χ3n) is 2.80. The molecule has 0 aliphatic carbocycles. The Balaban J connectivity index is 3.01. The summed E-state index contributed by atoms with van der Waals surface area (Å²) in [5.74, 6) is 0.645. The molecule has 0 heterocycles. The van der Waals surface area contributed by atoms with E-state index in [9.17, 15) is 8.42 Å². The minimum Gasteiger partial charge on any atom is -0.497 e. The molecule has 0 fully saturated rings. The lowest BCUT2D eigenvalue weighted by Gasteiger charge is -2.13. The summed E-state index contributed by atoms with van der Waals surface area (Å²) in [6.07, 6.45) is 0.605. The van der Waals surface area contributed by atoms with Crippen LogP contribution < -0.4 is 14.8 Å². The van der Waals surface area contributed by atoms with E-state index in [2.05, 4.69) is 10.0 Å². The largest absolute Gasteiger partial charge is 0.497 e. The average molecular weight is 302 g/mol. The molecule has 0 aromatic heterocycles. The Bertz CT molecular complexity index is 517. The van der Waals surface area contributed by atoms with Gasteiger partial charge in [0.1, 0.15) is 5.75 Å². The van der Waals surface area contributed by atoms with Gasteiger partial charge in [-0.15, -0.1) is 0 Å². The molecule has 0 aliphatic heterocycles. The van der Waals surface area contributed by atoms with Gasteiger partial charge in [0.25, 0.3) is 0 Å². The summed E-state index contributed by atoms with van der Waals surface area (Å²) in [4.78, 5) is 0.282. The Kier molecular flexibility index (Phi) is 6.94. The first kappa shape index (κ1) is 16.9. The maximum absolute atomic E-state index is 12.3. The van der Waals surface area contributed by atoms with Gasteiger partial charge < -0.3 is 14.8 Å². The molecule has 2 N–H and O–H groups in total. The standard InChI is InChI=1S/C13H22N2O4S/c1-14-7-6-11-10-12(19-3)4-5-13(11)20(16,17)15-8-9-18-2/h4-5,10,14-15H,6-9H2,1-3H3. The number of rotatable bonds is 9. The van der Waals surface area contributed by atoms with Gasteiger partial charge in [0.15, 0.2) is 0 Å². The van der Waals surface area contributed by atoms with Gasteiger partial charge in [-0.2, -0.15) is 0 Å². The van der Waals surface area contributed by atoms with E-state index >= 15 is 0 Å². The van der Waals surface area contributed by atoms with Crippen LogP contribution in [0.3, 0.4) is 0 Å². The minimum atomic E-state index is -3.53. The lowest BCUT2D eigenvalue weighted by Crippen LogP contribution is -2.28. The van der Waals surface area contributed by atoms with Gasteiger partial charge in [0, 0.05) is 13.7 Å². The fraction of sp³-hybridized carbons (Fsp3) is 0.538. The van der Waals surface area contributed by atoms with Crippen molar-refractivity contribution < 1.29 is 17.9 Å². The van der Waals surface area contributed by atoms with Gasteiger partial charge in [-0.3, -0.25) is 0 Å². The molecule has 1 aromatic rings. The molecule has 0 saturated heterocycles. The quantitative estimate of drug-likeness (QED) is 0.645. The monoisotopic (exact) mass is 302 g/mol. The van der Waals surface area contributed by atoms with Crippen molar-refractivity contribution in [1.82, 2.24) is 10.0 Å². The second-order valence-corrected chi connectivity index (χ2v) is 5.95. The predicted molar refractivity (Wildman–Crippen MR) is 77.7 cm³/mol. The Hall–Kier alpha value is -1.15. The third kappa shape index (κ3) is 4.75. The fourth-order valence-corrected chi connectivity index (χ4v) is 3.02. The molecular weight excluding hydrogens is 280 g/mol. The third-order valence-corrected chi connectivity index (χ3v) is 4.36. The van der Waals surface area contributed by atoms with Gasteiger partial charge >= 0.3 is 0 Å². The second kappa shape index (κ2) is 8.21. The molecule has 0 aliphatic rings. The Morgan fingerprint density at radius 3 is 2.55 bits per heavy atom. The summed E-state index contributed by atoms with van der Waals surface area (Å²) >= 11 is 0. The first-order valence-electron chi connectivity index (χ1n) is 6.35.